The molecule has 15 heavy (non-hydrogen) atoms. The summed E-state index contributed by atoms with van der Waals surface area (Å²) in [6, 6.07) is 1.47. The van der Waals surface area contributed by atoms with Gasteiger partial charge in [0.05, 0.1) is 5.37 Å². The molecule has 2 unspecified atom stereocenters. The van der Waals surface area contributed by atoms with Crippen LogP contribution in [-0.2, 0) is 4.79 Å². The molecule has 1 saturated heterocycles. The van der Waals surface area contributed by atoms with Gasteiger partial charge in [0.25, 0.3) is 0 Å². The van der Waals surface area contributed by atoms with Crippen molar-refractivity contribution >= 4 is 56.6 Å². The minimum absolute atomic E-state index is 0.0416. The van der Waals surface area contributed by atoms with Gasteiger partial charge in [-0.05, 0) is 22.0 Å². The van der Waals surface area contributed by atoms with Gasteiger partial charge < -0.3 is 5.11 Å². The smallest absolute Gasteiger partial charge is 0.321 e. The van der Waals surface area contributed by atoms with Crippen LogP contribution < -0.4 is 5.32 Å². The van der Waals surface area contributed by atoms with Gasteiger partial charge in [0.2, 0.25) is 0 Å². The molecule has 2 heterocycles. The molecule has 0 saturated carbocycles. The van der Waals surface area contributed by atoms with E-state index < -0.39 is 12.0 Å². The highest BCUT2D eigenvalue weighted by molar-refractivity contribution is 9.10. The van der Waals surface area contributed by atoms with Gasteiger partial charge in [0.1, 0.15) is 10.4 Å². The van der Waals surface area contributed by atoms with Crippen LogP contribution in [0.3, 0.4) is 0 Å². The fourth-order valence-electron chi connectivity index (χ4n) is 1.27. The summed E-state index contributed by atoms with van der Waals surface area (Å²) in [5.74, 6) is -0.209. The van der Waals surface area contributed by atoms with Crippen molar-refractivity contribution in [2.45, 2.75) is 11.4 Å². The zero-order valence-corrected chi connectivity index (χ0v) is 11.3. The van der Waals surface area contributed by atoms with E-state index in [2.05, 4.69) is 21.2 Å². The number of rotatable bonds is 2. The summed E-state index contributed by atoms with van der Waals surface area (Å²) < 4.78 is 1.57. The molecule has 82 valence electrons. The molecular formula is C8H7BrClNO2S2. The van der Waals surface area contributed by atoms with Gasteiger partial charge in [0.15, 0.2) is 0 Å². The predicted molar refractivity (Wildman–Crippen MR) is 66.8 cm³/mol. The monoisotopic (exact) mass is 327 g/mol. The van der Waals surface area contributed by atoms with Gasteiger partial charge in [0, 0.05) is 15.1 Å². The van der Waals surface area contributed by atoms with Crippen molar-refractivity contribution in [1.82, 2.24) is 5.32 Å². The maximum Gasteiger partial charge on any atom is 0.321 e. The number of thiophene rings is 1. The van der Waals surface area contributed by atoms with Crippen molar-refractivity contribution in [2.24, 2.45) is 0 Å². The van der Waals surface area contributed by atoms with Crippen LogP contribution >= 0.6 is 50.6 Å². The van der Waals surface area contributed by atoms with Crippen molar-refractivity contribution < 1.29 is 9.90 Å². The van der Waals surface area contributed by atoms with Crippen LogP contribution in [0.2, 0.25) is 4.34 Å². The quantitative estimate of drug-likeness (QED) is 0.876. The molecule has 2 rings (SSSR count). The Morgan fingerprint density at radius 2 is 2.47 bits per heavy atom. The molecule has 2 N–H and O–H groups in total. The summed E-state index contributed by atoms with van der Waals surface area (Å²) in [5.41, 5.74) is 0. The number of hydrogen-bond acceptors (Lipinski definition) is 4. The van der Waals surface area contributed by atoms with Gasteiger partial charge in [-0.1, -0.05) is 11.6 Å². The molecule has 0 amide bonds. The second-order valence-corrected chi connectivity index (χ2v) is 6.72. The van der Waals surface area contributed by atoms with Crippen molar-refractivity contribution in [2.75, 3.05) is 5.75 Å². The van der Waals surface area contributed by atoms with Crippen LogP contribution in [0, 0.1) is 0 Å². The molecule has 1 aliphatic rings. The Balaban J connectivity index is 2.11. The average Bonchev–Trinajstić information content (AvgIpc) is 2.74. The highest BCUT2D eigenvalue weighted by atomic mass is 79.9. The maximum atomic E-state index is 10.7. The summed E-state index contributed by atoms with van der Waals surface area (Å²) in [4.78, 5) is 11.8. The minimum atomic E-state index is -0.799. The fraction of sp³-hybridized carbons (Fsp3) is 0.375. The Bertz CT molecular complexity index is 378. The van der Waals surface area contributed by atoms with Crippen molar-refractivity contribution in [1.29, 1.82) is 0 Å². The lowest BCUT2D eigenvalue weighted by molar-refractivity contribution is -0.138. The summed E-state index contributed by atoms with van der Waals surface area (Å²) in [6.45, 7) is 0. The van der Waals surface area contributed by atoms with Crippen molar-refractivity contribution in [3.05, 3.63) is 19.8 Å². The van der Waals surface area contributed by atoms with E-state index in [1.165, 1.54) is 11.3 Å². The van der Waals surface area contributed by atoms with Gasteiger partial charge in [-0.2, -0.15) is 0 Å². The lowest BCUT2D eigenvalue weighted by Crippen LogP contribution is -2.33. The first-order valence-electron chi connectivity index (χ1n) is 4.13. The van der Waals surface area contributed by atoms with E-state index in [4.69, 9.17) is 16.7 Å². The lowest BCUT2D eigenvalue weighted by atomic mass is 10.3. The molecule has 0 radical (unpaired) electrons. The van der Waals surface area contributed by atoms with Gasteiger partial charge in [-0.25, -0.2) is 0 Å². The Morgan fingerprint density at radius 3 is 2.93 bits per heavy atom. The Hall–Kier alpha value is 0.250. The van der Waals surface area contributed by atoms with E-state index in [9.17, 15) is 4.79 Å². The zero-order chi connectivity index (χ0) is 11.0. The van der Waals surface area contributed by atoms with E-state index >= 15 is 0 Å². The Kier molecular flexibility index (Phi) is 3.62. The number of thioether (sulfide) groups is 1. The molecule has 7 heteroatoms. The Labute approximate surface area is 108 Å². The standard InChI is InChI=1S/C8H7BrClNO2S2/c9-3-1-5(15-6(3)10)7-11-4(2-14-7)8(12)13/h1,4,7,11H,2H2,(H,12,13). The van der Waals surface area contributed by atoms with E-state index in [-0.39, 0.29) is 5.37 Å². The number of carbonyl (C=O) groups is 1. The van der Waals surface area contributed by atoms with Crippen LogP contribution in [-0.4, -0.2) is 22.9 Å². The second kappa shape index (κ2) is 4.63. The van der Waals surface area contributed by atoms with E-state index in [1.54, 1.807) is 11.8 Å². The van der Waals surface area contributed by atoms with Gasteiger partial charge in [-0.15, -0.1) is 23.1 Å². The van der Waals surface area contributed by atoms with E-state index in [0.717, 1.165) is 9.35 Å². The topological polar surface area (TPSA) is 49.3 Å². The highest BCUT2D eigenvalue weighted by Crippen LogP contribution is 2.41. The summed E-state index contributed by atoms with van der Waals surface area (Å²) in [6.07, 6.45) is 0. The molecule has 1 fully saturated rings. The number of nitrogens with one attached hydrogen (secondary N) is 1. The Morgan fingerprint density at radius 1 is 1.73 bits per heavy atom. The molecule has 2 atom stereocenters. The molecule has 1 aliphatic heterocycles. The summed E-state index contributed by atoms with van der Waals surface area (Å²) >= 11 is 12.3. The third-order valence-electron chi connectivity index (χ3n) is 2.00. The first-order valence-corrected chi connectivity index (χ1v) is 7.16. The molecule has 0 bridgehead atoms. The number of carboxylic acid groups (broad SMARTS) is 1. The van der Waals surface area contributed by atoms with Gasteiger partial charge >= 0.3 is 5.97 Å². The van der Waals surface area contributed by atoms with E-state index in [0.29, 0.717) is 10.1 Å². The third-order valence-corrected chi connectivity index (χ3v) is 5.94. The molecule has 0 spiro atoms. The molecule has 0 aliphatic carbocycles. The van der Waals surface area contributed by atoms with Crippen molar-refractivity contribution in [3.8, 4) is 0 Å². The first-order chi connectivity index (χ1) is 7.08. The van der Waals surface area contributed by atoms with Crippen LogP contribution in [0.4, 0.5) is 0 Å². The molecule has 1 aromatic rings. The minimum Gasteiger partial charge on any atom is -0.480 e. The predicted octanol–water partition coefficient (Wildman–Crippen LogP) is 2.95. The van der Waals surface area contributed by atoms with Crippen LogP contribution in [0.15, 0.2) is 10.5 Å². The van der Waals surface area contributed by atoms with Gasteiger partial charge in [-0.3, -0.25) is 10.1 Å². The average molecular weight is 329 g/mol. The number of hydrogen-bond donors (Lipinski definition) is 2. The normalized spacial score (nSPS) is 25.7. The van der Waals surface area contributed by atoms with Crippen LogP contribution in [0.1, 0.15) is 10.3 Å². The number of carboxylic acids is 1. The summed E-state index contributed by atoms with van der Waals surface area (Å²) in [5, 5.41) is 11.9. The van der Waals surface area contributed by atoms with E-state index in [1.807, 2.05) is 6.07 Å². The SMILES string of the molecule is O=C(O)C1CSC(c2cc(Br)c(Cl)s2)N1. The number of halogens is 2. The van der Waals surface area contributed by atoms with Crippen LogP contribution in [0.5, 0.6) is 0 Å². The number of aliphatic carboxylic acids is 1. The highest BCUT2D eigenvalue weighted by Gasteiger charge is 2.31. The molecular weight excluding hydrogens is 322 g/mol. The first kappa shape index (κ1) is 11.7. The molecule has 3 nitrogen and oxygen atoms in total. The molecule has 1 aromatic heterocycles. The van der Waals surface area contributed by atoms with Crippen molar-refractivity contribution in [3.63, 3.8) is 0 Å². The summed E-state index contributed by atoms with van der Waals surface area (Å²) in [7, 11) is 0. The molecule has 0 aromatic carbocycles. The zero-order valence-electron chi connectivity index (χ0n) is 7.37. The second-order valence-electron chi connectivity index (χ2n) is 3.04. The third kappa shape index (κ3) is 2.50. The lowest BCUT2D eigenvalue weighted by Gasteiger charge is -2.07. The van der Waals surface area contributed by atoms with Crippen LogP contribution in [0.25, 0.3) is 0 Å². The fourth-order valence-corrected chi connectivity index (χ4v) is 4.41. The maximum absolute atomic E-state index is 10.7. The largest absolute Gasteiger partial charge is 0.480 e.